The molecular weight excluding hydrogens is 195 g/mol. The maximum atomic E-state index is 12.5. The maximum absolute atomic E-state index is 12.5. The van der Waals surface area contributed by atoms with E-state index in [0.717, 1.165) is 12.8 Å². The van der Waals surface area contributed by atoms with E-state index in [2.05, 4.69) is 5.73 Å². The van der Waals surface area contributed by atoms with Gasteiger partial charge >= 0.3 is 6.18 Å². The van der Waals surface area contributed by atoms with Crippen molar-refractivity contribution in [1.29, 1.82) is 0 Å². The normalized spacial score (nSPS) is 43.7. The summed E-state index contributed by atoms with van der Waals surface area (Å²) in [5.74, 6) is -1.23. The molecule has 82 valence electrons. The zero-order chi connectivity index (χ0) is 10.4. The average molecular weight is 210 g/mol. The maximum Gasteiger partial charge on any atom is 0.396 e. The first-order chi connectivity index (χ1) is 6.44. The van der Waals surface area contributed by atoms with Crippen LogP contribution in [0.3, 0.4) is 0 Å². The number of quaternary nitrogens is 1. The van der Waals surface area contributed by atoms with E-state index in [1.165, 1.54) is 0 Å². The Morgan fingerprint density at radius 3 is 2.14 bits per heavy atom. The fourth-order valence-electron chi connectivity index (χ4n) is 2.45. The minimum Gasteiger partial charge on any atom is -0.373 e. The third-order valence-corrected chi connectivity index (χ3v) is 3.52. The lowest BCUT2D eigenvalue weighted by Gasteiger charge is -2.52. The van der Waals surface area contributed by atoms with Gasteiger partial charge in [0.15, 0.2) is 0 Å². The molecule has 0 aromatic heterocycles. The smallest absolute Gasteiger partial charge is 0.373 e. The Labute approximate surface area is 80.6 Å². The fraction of sp³-hybridized carbons (Fsp3) is 1.00. The molecule has 14 heavy (non-hydrogen) atoms. The van der Waals surface area contributed by atoms with Crippen LogP contribution in [0.2, 0.25) is 0 Å². The van der Waals surface area contributed by atoms with Crippen LogP contribution >= 0.6 is 0 Å². The molecular formula is C9H15F3NO+. The Hall–Kier alpha value is -0.290. The van der Waals surface area contributed by atoms with Crippen molar-refractivity contribution < 1.29 is 23.6 Å². The molecule has 1 spiro atoms. The number of hydrogen-bond acceptors (Lipinski definition) is 1. The molecule has 0 bridgehead atoms. The van der Waals surface area contributed by atoms with Crippen molar-refractivity contribution in [2.24, 2.45) is 5.92 Å². The molecule has 1 atom stereocenters. The molecule has 1 aliphatic heterocycles. The van der Waals surface area contributed by atoms with E-state index in [4.69, 9.17) is 4.74 Å². The van der Waals surface area contributed by atoms with Crippen LogP contribution in [0.1, 0.15) is 25.7 Å². The lowest BCUT2D eigenvalue weighted by Crippen LogP contribution is -2.68. The van der Waals surface area contributed by atoms with E-state index in [-0.39, 0.29) is 6.61 Å². The summed E-state index contributed by atoms with van der Waals surface area (Å²) in [5, 5.41) is 0. The van der Waals surface area contributed by atoms with Crippen molar-refractivity contribution in [2.75, 3.05) is 6.61 Å². The third kappa shape index (κ3) is 1.52. The second-order valence-corrected chi connectivity index (χ2v) is 4.41. The van der Waals surface area contributed by atoms with Gasteiger partial charge in [-0.3, -0.25) is 0 Å². The summed E-state index contributed by atoms with van der Waals surface area (Å²) in [5.41, 5.74) is 2.99. The molecule has 1 saturated heterocycles. The Balaban J connectivity index is 2.04. The molecule has 1 aliphatic carbocycles. The molecule has 5 heteroatoms. The Morgan fingerprint density at radius 2 is 1.79 bits per heavy atom. The quantitative estimate of drug-likeness (QED) is 0.639. The Bertz CT molecular complexity index is 221. The first kappa shape index (κ1) is 10.2. The molecule has 2 nitrogen and oxygen atoms in total. The Morgan fingerprint density at radius 1 is 1.21 bits per heavy atom. The van der Waals surface area contributed by atoms with Gasteiger partial charge in [-0.2, -0.15) is 13.2 Å². The molecule has 1 unspecified atom stereocenters. The van der Waals surface area contributed by atoms with Crippen LogP contribution in [0.25, 0.3) is 0 Å². The topological polar surface area (TPSA) is 36.9 Å². The number of rotatable bonds is 0. The van der Waals surface area contributed by atoms with Crippen LogP contribution in [0.4, 0.5) is 13.2 Å². The average Bonchev–Trinajstić information content (AvgIpc) is 2.00. The van der Waals surface area contributed by atoms with Crippen molar-refractivity contribution in [1.82, 2.24) is 0 Å². The number of alkyl halides is 3. The van der Waals surface area contributed by atoms with Gasteiger partial charge in [0.2, 0.25) is 0 Å². The molecule has 1 saturated carbocycles. The van der Waals surface area contributed by atoms with Gasteiger partial charge in [0.05, 0.1) is 18.2 Å². The molecule has 2 rings (SSSR count). The summed E-state index contributed by atoms with van der Waals surface area (Å²) in [7, 11) is 0. The van der Waals surface area contributed by atoms with Crippen LogP contribution in [0.5, 0.6) is 0 Å². The Kier molecular flexibility index (Phi) is 2.27. The van der Waals surface area contributed by atoms with E-state index >= 15 is 0 Å². The van der Waals surface area contributed by atoms with Crippen LogP contribution in [-0.2, 0) is 4.74 Å². The van der Waals surface area contributed by atoms with Gasteiger partial charge in [0.25, 0.3) is 0 Å². The molecule has 0 aromatic carbocycles. The molecule has 0 aromatic rings. The van der Waals surface area contributed by atoms with E-state index in [1.54, 1.807) is 0 Å². The highest BCUT2D eigenvalue weighted by Crippen LogP contribution is 2.51. The summed E-state index contributed by atoms with van der Waals surface area (Å²) in [6.45, 7) is -0.148. The summed E-state index contributed by atoms with van der Waals surface area (Å²) in [6.07, 6.45) is -1.54. The molecule has 2 fully saturated rings. The van der Waals surface area contributed by atoms with Crippen molar-refractivity contribution in [3.05, 3.63) is 0 Å². The van der Waals surface area contributed by atoms with Gasteiger partial charge < -0.3 is 10.5 Å². The number of ether oxygens (including phenoxy) is 1. The molecule has 3 N–H and O–H groups in total. The van der Waals surface area contributed by atoms with Gasteiger partial charge in [0, 0.05) is 12.8 Å². The van der Waals surface area contributed by atoms with Gasteiger partial charge in [-0.15, -0.1) is 0 Å². The van der Waals surface area contributed by atoms with Crippen molar-refractivity contribution in [3.63, 3.8) is 0 Å². The highest BCUT2D eigenvalue weighted by molar-refractivity contribution is 5.01. The number of halogens is 3. The highest BCUT2D eigenvalue weighted by Gasteiger charge is 2.61. The lowest BCUT2D eigenvalue weighted by atomic mass is 9.70. The summed E-state index contributed by atoms with van der Waals surface area (Å²) in [6, 6.07) is 0.304. The first-order valence-electron chi connectivity index (χ1n) is 4.98. The second kappa shape index (κ2) is 3.10. The molecule has 0 amide bonds. The van der Waals surface area contributed by atoms with Crippen LogP contribution in [0.15, 0.2) is 0 Å². The predicted molar refractivity (Wildman–Crippen MR) is 43.4 cm³/mol. The third-order valence-electron chi connectivity index (χ3n) is 3.52. The lowest BCUT2D eigenvalue weighted by molar-refractivity contribution is -0.437. The SMILES string of the molecule is [NH3+]C1CCC2(CC1)OCC2C(F)(F)F. The molecule has 0 radical (unpaired) electrons. The fourth-order valence-corrected chi connectivity index (χ4v) is 2.45. The zero-order valence-corrected chi connectivity index (χ0v) is 7.94. The highest BCUT2D eigenvalue weighted by atomic mass is 19.4. The van der Waals surface area contributed by atoms with Crippen LogP contribution < -0.4 is 5.73 Å². The molecule has 2 aliphatic rings. The van der Waals surface area contributed by atoms with E-state index in [0.29, 0.717) is 18.9 Å². The van der Waals surface area contributed by atoms with Crippen LogP contribution in [0, 0.1) is 5.92 Å². The van der Waals surface area contributed by atoms with Gasteiger partial charge in [0.1, 0.15) is 5.92 Å². The predicted octanol–water partition coefficient (Wildman–Crippen LogP) is 1.12. The monoisotopic (exact) mass is 210 g/mol. The standard InChI is InChI=1S/C9H14F3NO/c10-9(11,12)7-5-14-8(7)3-1-6(13)2-4-8/h6-7H,1-5,13H2/p+1. The van der Waals surface area contributed by atoms with E-state index in [9.17, 15) is 13.2 Å². The van der Waals surface area contributed by atoms with Crippen molar-refractivity contribution >= 4 is 0 Å². The minimum absolute atomic E-state index is 0.148. The minimum atomic E-state index is -4.09. The van der Waals surface area contributed by atoms with Crippen molar-refractivity contribution in [3.8, 4) is 0 Å². The van der Waals surface area contributed by atoms with E-state index in [1.807, 2.05) is 0 Å². The summed E-state index contributed by atoms with van der Waals surface area (Å²) in [4.78, 5) is 0. The largest absolute Gasteiger partial charge is 0.396 e. The zero-order valence-electron chi connectivity index (χ0n) is 7.94. The summed E-state index contributed by atoms with van der Waals surface area (Å²) < 4.78 is 42.8. The summed E-state index contributed by atoms with van der Waals surface area (Å²) >= 11 is 0. The number of hydrogen-bond donors (Lipinski definition) is 1. The first-order valence-corrected chi connectivity index (χ1v) is 4.98. The van der Waals surface area contributed by atoms with Crippen LogP contribution in [-0.4, -0.2) is 24.4 Å². The second-order valence-electron chi connectivity index (χ2n) is 4.41. The van der Waals surface area contributed by atoms with Gasteiger partial charge in [-0.1, -0.05) is 0 Å². The molecule has 1 heterocycles. The van der Waals surface area contributed by atoms with Gasteiger partial charge in [-0.05, 0) is 12.8 Å². The van der Waals surface area contributed by atoms with Crippen molar-refractivity contribution in [2.45, 2.75) is 43.5 Å². The van der Waals surface area contributed by atoms with Gasteiger partial charge in [-0.25, -0.2) is 0 Å². The van der Waals surface area contributed by atoms with E-state index < -0.39 is 17.7 Å².